The number of halogens is 2. The molecule has 1 rings (SSSR count). The number of aldehydes is 1. The van der Waals surface area contributed by atoms with Gasteiger partial charge in [-0.2, -0.15) is 0 Å². The van der Waals surface area contributed by atoms with E-state index >= 15 is 0 Å². The maximum Gasteiger partial charge on any atom is 0.250 e. The third-order valence-corrected chi connectivity index (χ3v) is 8.33. The van der Waals surface area contributed by atoms with E-state index in [1.54, 1.807) is 12.1 Å². The summed E-state index contributed by atoms with van der Waals surface area (Å²) in [4.78, 5) is 11.1. The molecule has 0 bridgehead atoms. The van der Waals surface area contributed by atoms with E-state index in [9.17, 15) is 4.79 Å². The second-order valence-corrected chi connectivity index (χ2v) is 11.3. The first-order chi connectivity index (χ1) is 8.10. The molecular formula is C13H18Cl2O2Si. The third kappa shape index (κ3) is 3.08. The van der Waals surface area contributed by atoms with Crippen LogP contribution in [0.4, 0.5) is 0 Å². The first kappa shape index (κ1) is 15.5. The fourth-order valence-electron chi connectivity index (χ4n) is 1.17. The van der Waals surface area contributed by atoms with Crippen LogP contribution in [-0.4, -0.2) is 14.6 Å². The van der Waals surface area contributed by atoms with Crippen molar-refractivity contribution in [2.45, 2.75) is 38.9 Å². The molecule has 0 heterocycles. The van der Waals surface area contributed by atoms with E-state index in [1.165, 1.54) is 0 Å². The molecule has 0 saturated carbocycles. The van der Waals surface area contributed by atoms with E-state index in [4.69, 9.17) is 27.6 Å². The van der Waals surface area contributed by atoms with Crippen LogP contribution in [0.5, 0.6) is 5.75 Å². The average molecular weight is 305 g/mol. The van der Waals surface area contributed by atoms with E-state index in [0.29, 0.717) is 27.6 Å². The van der Waals surface area contributed by atoms with Gasteiger partial charge in [0.1, 0.15) is 5.75 Å². The molecule has 0 saturated heterocycles. The summed E-state index contributed by atoms with van der Waals surface area (Å²) < 4.78 is 6.09. The minimum absolute atomic E-state index is 0.0266. The van der Waals surface area contributed by atoms with E-state index in [-0.39, 0.29) is 5.04 Å². The van der Waals surface area contributed by atoms with Crippen molar-refractivity contribution in [1.29, 1.82) is 0 Å². The number of carbonyl (C=O) groups excluding carboxylic acids is 1. The highest BCUT2D eigenvalue weighted by atomic mass is 35.5. The fourth-order valence-corrected chi connectivity index (χ4v) is 2.67. The van der Waals surface area contributed by atoms with Crippen LogP contribution in [0.25, 0.3) is 0 Å². The lowest BCUT2D eigenvalue weighted by Gasteiger charge is -2.37. The van der Waals surface area contributed by atoms with Crippen LogP contribution < -0.4 is 4.43 Å². The molecule has 0 aromatic heterocycles. The molecule has 2 nitrogen and oxygen atoms in total. The average Bonchev–Trinajstić information content (AvgIpc) is 2.22. The Labute approximate surface area is 119 Å². The molecular weight excluding hydrogens is 287 g/mol. The fraction of sp³-hybridized carbons (Fsp3) is 0.462. The Bertz CT molecular complexity index is 465. The highest BCUT2D eigenvalue weighted by Crippen LogP contribution is 2.41. The van der Waals surface area contributed by atoms with Gasteiger partial charge in [-0.05, 0) is 30.3 Å². The van der Waals surface area contributed by atoms with Gasteiger partial charge in [0.25, 0.3) is 8.32 Å². The van der Waals surface area contributed by atoms with E-state index < -0.39 is 8.32 Å². The Kier molecular flexibility index (Phi) is 4.52. The Morgan fingerprint density at radius 1 is 1.17 bits per heavy atom. The van der Waals surface area contributed by atoms with E-state index in [2.05, 4.69) is 33.9 Å². The van der Waals surface area contributed by atoms with Gasteiger partial charge in [0, 0.05) is 0 Å². The van der Waals surface area contributed by atoms with Gasteiger partial charge in [0.05, 0.1) is 15.6 Å². The molecule has 18 heavy (non-hydrogen) atoms. The van der Waals surface area contributed by atoms with Gasteiger partial charge >= 0.3 is 0 Å². The normalized spacial score (nSPS) is 12.4. The van der Waals surface area contributed by atoms with Gasteiger partial charge < -0.3 is 4.43 Å². The smallest absolute Gasteiger partial charge is 0.250 e. The molecule has 1 aromatic rings. The van der Waals surface area contributed by atoms with Crippen molar-refractivity contribution in [1.82, 2.24) is 0 Å². The second kappa shape index (κ2) is 5.23. The first-order valence-corrected chi connectivity index (χ1v) is 9.39. The SMILES string of the molecule is CC(C)(C)[Si](C)(C)Oc1c(Cl)ccc(Cl)c1C=O. The summed E-state index contributed by atoms with van der Waals surface area (Å²) in [5.74, 6) is 0.408. The molecule has 1 aromatic carbocycles. The Morgan fingerprint density at radius 3 is 2.11 bits per heavy atom. The van der Waals surface area contributed by atoms with Crippen LogP contribution in [0, 0.1) is 0 Å². The van der Waals surface area contributed by atoms with Crippen molar-refractivity contribution in [2.75, 3.05) is 0 Å². The molecule has 0 fully saturated rings. The number of hydrogen-bond acceptors (Lipinski definition) is 2. The standard InChI is InChI=1S/C13H18Cl2O2Si/c1-13(2,3)18(4,5)17-12-9(8-16)10(14)6-7-11(12)15/h6-8H,1-5H3. The summed E-state index contributed by atoms with van der Waals surface area (Å²) in [6, 6.07) is 3.26. The minimum Gasteiger partial charge on any atom is -0.542 e. The molecule has 0 radical (unpaired) electrons. The van der Waals surface area contributed by atoms with Crippen LogP contribution in [0.15, 0.2) is 12.1 Å². The molecule has 0 amide bonds. The van der Waals surface area contributed by atoms with Crippen LogP contribution in [0.3, 0.4) is 0 Å². The maximum absolute atomic E-state index is 11.1. The second-order valence-electron chi connectivity index (χ2n) is 5.75. The summed E-state index contributed by atoms with van der Waals surface area (Å²) in [5.41, 5.74) is 0.328. The molecule has 0 unspecified atom stereocenters. The molecule has 5 heteroatoms. The summed E-state index contributed by atoms with van der Waals surface area (Å²) in [7, 11) is -2.05. The maximum atomic E-state index is 11.1. The van der Waals surface area contributed by atoms with Gasteiger partial charge in [-0.3, -0.25) is 4.79 Å². The molecule has 0 aliphatic carbocycles. The van der Waals surface area contributed by atoms with E-state index in [0.717, 1.165) is 0 Å². The molecule has 0 atom stereocenters. The lowest BCUT2D eigenvalue weighted by atomic mass is 10.2. The van der Waals surface area contributed by atoms with E-state index in [1.807, 2.05) is 0 Å². The summed E-state index contributed by atoms with van der Waals surface area (Å²) in [5, 5.41) is 0.813. The zero-order chi connectivity index (χ0) is 14.1. The number of hydrogen-bond donors (Lipinski definition) is 0. The lowest BCUT2D eigenvalue weighted by molar-refractivity contribution is 0.112. The Morgan fingerprint density at radius 2 is 1.67 bits per heavy atom. The predicted molar refractivity (Wildman–Crippen MR) is 79.7 cm³/mol. The van der Waals surface area contributed by atoms with Crippen molar-refractivity contribution < 1.29 is 9.22 Å². The number of carbonyl (C=O) groups is 1. The molecule has 0 aliphatic heterocycles. The summed E-state index contributed by atoms with van der Waals surface area (Å²) >= 11 is 12.1. The largest absolute Gasteiger partial charge is 0.542 e. The highest BCUT2D eigenvalue weighted by Gasteiger charge is 2.40. The Balaban J connectivity index is 3.27. The van der Waals surface area contributed by atoms with Crippen LogP contribution in [0.2, 0.25) is 28.2 Å². The third-order valence-electron chi connectivity index (χ3n) is 3.38. The van der Waals surface area contributed by atoms with Crippen molar-refractivity contribution >= 4 is 37.8 Å². The number of benzene rings is 1. The zero-order valence-electron chi connectivity index (χ0n) is 11.3. The monoisotopic (exact) mass is 304 g/mol. The topological polar surface area (TPSA) is 26.3 Å². The summed E-state index contributed by atoms with van der Waals surface area (Å²) in [6.07, 6.45) is 0.691. The van der Waals surface area contributed by atoms with Gasteiger partial charge in [-0.25, -0.2) is 0 Å². The molecule has 0 aliphatic rings. The van der Waals surface area contributed by atoms with Crippen LogP contribution in [0.1, 0.15) is 31.1 Å². The van der Waals surface area contributed by atoms with Crippen molar-refractivity contribution in [3.8, 4) is 5.75 Å². The van der Waals surface area contributed by atoms with Gasteiger partial charge in [0.15, 0.2) is 6.29 Å². The van der Waals surface area contributed by atoms with Gasteiger partial charge in [-0.1, -0.05) is 44.0 Å². The van der Waals surface area contributed by atoms with Crippen LogP contribution >= 0.6 is 23.2 Å². The van der Waals surface area contributed by atoms with Gasteiger partial charge in [0.2, 0.25) is 0 Å². The molecule has 0 N–H and O–H groups in total. The minimum atomic E-state index is -2.05. The van der Waals surface area contributed by atoms with Crippen molar-refractivity contribution in [3.63, 3.8) is 0 Å². The highest BCUT2D eigenvalue weighted by molar-refractivity contribution is 6.74. The molecule has 100 valence electrons. The van der Waals surface area contributed by atoms with Gasteiger partial charge in [-0.15, -0.1) is 0 Å². The summed E-state index contributed by atoms with van der Waals surface area (Å²) in [6.45, 7) is 10.6. The van der Waals surface area contributed by atoms with Crippen LogP contribution in [-0.2, 0) is 0 Å². The van der Waals surface area contributed by atoms with Crippen molar-refractivity contribution in [3.05, 3.63) is 27.7 Å². The van der Waals surface area contributed by atoms with Crippen molar-refractivity contribution in [2.24, 2.45) is 0 Å². The zero-order valence-corrected chi connectivity index (χ0v) is 13.8. The lowest BCUT2D eigenvalue weighted by Crippen LogP contribution is -2.44. The Hall–Kier alpha value is -0.513. The molecule has 0 spiro atoms. The quantitative estimate of drug-likeness (QED) is 0.567. The number of rotatable bonds is 3. The first-order valence-electron chi connectivity index (χ1n) is 5.72. The predicted octanol–water partition coefficient (Wildman–Crippen LogP) is 5.19.